The molecule has 0 radical (unpaired) electrons. The first-order valence-corrected chi connectivity index (χ1v) is 6.75. The third-order valence-corrected chi connectivity index (χ3v) is 4.23. The van der Waals surface area contributed by atoms with Crippen LogP contribution in [0.2, 0.25) is 0 Å². The van der Waals surface area contributed by atoms with Gasteiger partial charge in [0.05, 0.1) is 18.6 Å². The van der Waals surface area contributed by atoms with E-state index in [9.17, 15) is 13.5 Å². The van der Waals surface area contributed by atoms with Gasteiger partial charge in [0, 0.05) is 6.04 Å². The molecule has 3 N–H and O–H groups in total. The smallest absolute Gasteiger partial charge is 0.257 e. The fraction of sp³-hybridized carbons (Fsp3) is 0.667. The Balaban J connectivity index is 2.00. The van der Waals surface area contributed by atoms with Crippen molar-refractivity contribution in [2.75, 3.05) is 0 Å². The highest BCUT2D eigenvalue weighted by Gasteiger charge is 2.25. The molecule has 6 nitrogen and oxygen atoms in total. The van der Waals surface area contributed by atoms with E-state index in [0.29, 0.717) is 25.7 Å². The van der Waals surface area contributed by atoms with Gasteiger partial charge in [-0.3, -0.25) is 0 Å². The van der Waals surface area contributed by atoms with Crippen molar-refractivity contribution in [1.29, 1.82) is 0 Å². The molecule has 1 aromatic rings. The van der Waals surface area contributed by atoms with Gasteiger partial charge in [-0.2, -0.15) is 0 Å². The van der Waals surface area contributed by atoms with Crippen LogP contribution in [0.25, 0.3) is 0 Å². The van der Waals surface area contributed by atoms with Gasteiger partial charge in [0.2, 0.25) is 0 Å². The maximum absolute atomic E-state index is 11.8. The van der Waals surface area contributed by atoms with Crippen LogP contribution in [0.5, 0.6) is 0 Å². The molecular formula is C9H15N3O3S. The van der Waals surface area contributed by atoms with Gasteiger partial charge in [0.25, 0.3) is 10.0 Å². The maximum Gasteiger partial charge on any atom is 0.257 e. The second-order valence-electron chi connectivity index (χ2n) is 4.04. The fourth-order valence-electron chi connectivity index (χ4n) is 1.87. The number of rotatable bonds is 3. The van der Waals surface area contributed by atoms with Crippen LogP contribution < -0.4 is 4.72 Å². The molecule has 0 spiro atoms. The molecule has 90 valence electrons. The zero-order chi connectivity index (χ0) is 11.6. The van der Waals surface area contributed by atoms with E-state index < -0.39 is 10.0 Å². The SMILES string of the molecule is O=S(=O)(NC1CCC(O)CC1)c1cnc[nH]1. The zero-order valence-corrected chi connectivity index (χ0v) is 9.57. The summed E-state index contributed by atoms with van der Waals surface area (Å²) in [5, 5.41) is 9.40. The van der Waals surface area contributed by atoms with Crippen LogP contribution >= 0.6 is 0 Å². The summed E-state index contributed by atoms with van der Waals surface area (Å²) in [4.78, 5) is 6.24. The van der Waals surface area contributed by atoms with Crippen LogP contribution in [0, 0.1) is 0 Å². The first kappa shape index (κ1) is 11.6. The highest BCUT2D eigenvalue weighted by atomic mass is 32.2. The number of hydrogen-bond acceptors (Lipinski definition) is 4. The van der Waals surface area contributed by atoms with Crippen LogP contribution in [0.15, 0.2) is 17.6 Å². The standard InChI is InChI=1S/C9H15N3O3S/c13-8-3-1-7(2-4-8)12-16(14,15)9-5-10-6-11-9/h5-8,12-13H,1-4H2,(H,10,11). The number of imidazole rings is 1. The Labute approximate surface area is 94.1 Å². The van der Waals surface area contributed by atoms with Gasteiger partial charge in [-0.15, -0.1) is 0 Å². The molecule has 7 heteroatoms. The third-order valence-electron chi connectivity index (χ3n) is 2.78. The van der Waals surface area contributed by atoms with E-state index in [1.54, 1.807) is 0 Å². The largest absolute Gasteiger partial charge is 0.393 e. The van der Waals surface area contributed by atoms with Gasteiger partial charge in [-0.1, -0.05) is 0 Å². The maximum atomic E-state index is 11.8. The number of aliphatic hydroxyl groups is 1. The van der Waals surface area contributed by atoms with Crippen LogP contribution in [0.3, 0.4) is 0 Å². The Morgan fingerprint density at radius 3 is 2.62 bits per heavy atom. The first-order valence-electron chi connectivity index (χ1n) is 5.27. The van der Waals surface area contributed by atoms with Crippen LogP contribution in [0.4, 0.5) is 0 Å². The lowest BCUT2D eigenvalue weighted by atomic mass is 9.94. The lowest BCUT2D eigenvalue weighted by Gasteiger charge is -2.25. The van der Waals surface area contributed by atoms with Crippen LogP contribution in [-0.2, 0) is 10.0 Å². The number of aromatic nitrogens is 2. The number of nitrogens with one attached hydrogen (secondary N) is 2. The number of nitrogens with zero attached hydrogens (tertiary/aromatic N) is 1. The third kappa shape index (κ3) is 2.60. The average molecular weight is 245 g/mol. The molecule has 0 unspecified atom stereocenters. The number of aliphatic hydroxyl groups excluding tert-OH is 1. The van der Waals surface area contributed by atoms with Crippen LogP contribution in [0.1, 0.15) is 25.7 Å². The van der Waals surface area contributed by atoms with Crippen molar-refractivity contribution in [3.05, 3.63) is 12.5 Å². The lowest BCUT2D eigenvalue weighted by molar-refractivity contribution is 0.120. The number of aromatic amines is 1. The van der Waals surface area contributed by atoms with E-state index >= 15 is 0 Å². The Hall–Kier alpha value is -0.920. The Morgan fingerprint density at radius 1 is 1.38 bits per heavy atom. The summed E-state index contributed by atoms with van der Waals surface area (Å²) in [6, 6.07) is -0.0864. The highest BCUT2D eigenvalue weighted by Crippen LogP contribution is 2.19. The minimum Gasteiger partial charge on any atom is -0.393 e. The summed E-state index contributed by atoms with van der Waals surface area (Å²) in [5.41, 5.74) is 0. The van der Waals surface area contributed by atoms with Crippen molar-refractivity contribution in [3.63, 3.8) is 0 Å². The van der Waals surface area contributed by atoms with Gasteiger partial charge in [0.15, 0.2) is 5.03 Å². The van der Waals surface area contributed by atoms with Crippen molar-refractivity contribution in [2.24, 2.45) is 0 Å². The van der Waals surface area contributed by atoms with Crippen molar-refractivity contribution in [3.8, 4) is 0 Å². The molecule has 0 amide bonds. The lowest BCUT2D eigenvalue weighted by Crippen LogP contribution is -2.38. The van der Waals surface area contributed by atoms with Gasteiger partial charge in [0.1, 0.15) is 0 Å². The topological polar surface area (TPSA) is 95.1 Å². The van der Waals surface area contributed by atoms with Gasteiger partial charge in [-0.05, 0) is 25.7 Å². The molecule has 0 saturated heterocycles. The molecule has 0 aromatic carbocycles. The van der Waals surface area contributed by atoms with E-state index in [4.69, 9.17) is 0 Å². The summed E-state index contributed by atoms with van der Waals surface area (Å²) in [6.45, 7) is 0. The summed E-state index contributed by atoms with van der Waals surface area (Å²) < 4.78 is 26.2. The molecule has 0 atom stereocenters. The van der Waals surface area contributed by atoms with Gasteiger partial charge in [-0.25, -0.2) is 18.1 Å². The van der Waals surface area contributed by atoms with E-state index in [2.05, 4.69) is 14.7 Å². The normalized spacial score (nSPS) is 26.8. The van der Waals surface area contributed by atoms with Gasteiger partial charge < -0.3 is 10.1 Å². The summed E-state index contributed by atoms with van der Waals surface area (Å²) in [7, 11) is -3.48. The molecule has 1 saturated carbocycles. The van der Waals surface area contributed by atoms with Crippen molar-refractivity contribution in [1.82, 2.24) is 14.7 Å². The Kier molecular flexibility index (Phi) is 3.27. The van der Waals surface area contributed by atoms with E-state index in [1.165, 1.54) is 12.5 Å². The molecule has 1 fully saturated rings. The summed E-state index contributed by atoms with van der Waals surface area (Å²) in [5.74, 6) is 0. The fourth-order valence-corrected chi connectivity index (χ4v) is 3.08. The quantitative estimate of drug-likeness (QED) is 0.698. The summed E-state index contributed by atoms with van der Waals surface area (Å²) in [6.07, 6.45) is 4.97. The molecule has 0 aliphatic heterocycles. The molecule has 1 aliphatic carbocycles. The Morgan fingerprint density at radius 2 is 2.06 bits per heavy atom. The Bertz CT molecular complexity index is 421. The van der Waals surface area contributed by atoms with Crippen LogP contribution in [-0.4, -0.2) is 35.6 Å². The van der Waals surface area contributed by atoms with E-state index in [0.717, 1.165) is 0 Å². The van der Waals surface area contributed by atoms with E-state index in [-0.39, 0.29) is 17.2 Å². The highest BCUT2D eigenvalue weighted by molar-refractivity contribution is 7.89. The number of hydrogen-bond donors (Lipinski definition) is 3. The number of H-pyrrole nitrogens is 1. The predicted octanol–water partition coefficient (Wildman–Crippen LogP) is -0.00850. The minimum atomic E-state index is -3.48. The first-order chi connectivity index (χ1) is 7.58. The molecule has 1 aliphatic rings. The molecule has 16 heavy (non-hydrogen) atoms. The van der Waals surface area contributed by atoms with Crippen molar-refractivity contribution < 1.29 is 13.5 Å². The monoisotopic (exact) mass is 245 g/mol. The molecule has 1 heterocycles. The van der Waals surface area contributed by atoms with Gasteiger partial charge >= 0.3 is 0 Å². The zero-order valence-electron chi connectivity index (χ0n) is 8.76. The molecule has 0 bridgehead atoms. The molecule has 2 rings (SSSR count). The van der Waals surface area contributed by atoms with Crippen molar-refractivity contribution in [2.45, 2.75) is 42.9 Å². The number of sulfonamides is 1. The van der Waals surface area contributed by atoms with Crippen molar-refractivity contribution >= 4 is 10.0 Å². The second-order valence-corrected chi connectivity index (χ2v) is 5.72. The summed E-state index contributed by atoms with van der Waals surface area (Å²) >= 11 is 0. The molecule has 1 aromatic heterocycles. The second kappa shape index (κ2) is 4.52. The predicted molar refractivity (Wildman–Crippen MR) is 57.2 cm³/mol. The molecular weight excluding hydrogens is 230 g/mol. The average Bonchev–Trinajstić information content (AvgIpc) is 2.75. The minimum absolute atomic E-state index is 0.0821. The van der Waals surface area contributed by atoms with E-state index in [1.807, 2.05) is 0 Å².